The molecule has 3 aliphatic heterocycles. The van der Waals surface area contributed by atoms with Crippen molar-refractivity contribution in [1.29, 1.82) is 0 Å². The van der Waals surface area contributed by atoms with E-state index in [0.29, 0.717) is 5.89 Å². The quantitative estimate of drug-likeness (QED) is 0.845. The number of aryl methyl sites for hydroxylation is 1. The van der Waals surface area contributed by atoms with Crippen LogP contribution in [0.4, 0.5) is 0 Å². The van der Waals surface area contributed by atoms with Gasteiger partial charge in [0.2, 0.25) is 0 Å². The second kappa shape index (κ2) is 7.18. The molecule has 1 amide bonds. The van der Waals surface area contributed by atoms with Gasteiger partial charge in [0.1, 0.15) is 5.52 Å². The molecule has 0 bridgehead atoms. The monoisotopic (exact) mass is 383 g/mol. The third-order valence-electron chi connectivity index (χ3n) is 5.30. The van der Waals surface area contributed by atoms with Gasteiger partial charge in [-0.25, -0.2) is 4.98 Å². The third kappa shape index (κ3) is 3.41. The van der Waals surface area contributed by atoms with E-state index in [1.165, 1.54) is 5.57 Å². The van der Waals surface area contributed by atoms with E-state index in [1.807, 2.05) is 55.6 Å². The lowest BCUT2D eigenvalue weighted by molar-refractivity contribution is -0.122. The number of nitrogens with zero attached hydrogens (tertiary/aromatic N) is 2. The number of benzene rings is 1. The Bertz CT molecular complexity index is 1190. The van der Waals surface area contributed by atoms with Crippen LogP contribution in [0.2, 0.25) is 0 Å². The van der Waals surface area contributed by atoms with E-state index in [0.717, 1.165) is 53.0 Å². The van der Waals surface area contributed by atoms with Crippen LogP contribution in [0, 0.1) is 6.92 Å². The zero-order valence-electron chi connectivity index (χ0n) is 16.2. The number of amides is 1. The van der Waals surface area contributed by atoms with Gasteiger partial charge in [0.25, 0.3) is 5.91 Å². The summed E-state index contributed by atoms with van der Waals surface area (Å²) in [5, 5.41) is 3.32. The van der Waals surface area contributed by atoms with Gasteiger partial charge in [0.05, 0.1) is 0 Å². The SMILES string of the molecule is Cc1nc2ccc(C3=C\C(=O)N4C=C(C5=CCNCC5)C=C\C4=C/C=C/3)cc2o1. The first kappa shape index (κ1) is 17.6. The number of nitrogens with one attached hydrogen (secondary N) is 1. The number of fused-ring (bicyclic) bond motifs is 2. The Morgan fingerprint density at radius 2 is 2.10 bits per heavy atom. The van der Waals surface area contributed by atoms with Crippen molar-refractivity contribution in [3.63, 3.8) is 0 Å². The molecular formula is C24H21N3O2. The molecule has 5 nitrogen and oxygen atoms in total. The Balaban J connectivity index is 1.51. The predicted octanol–water partition coefficient (Wildman–Crippen LogP) is 4.18. The van der Waals surface area contributed by atoms with Crippen molar-refractivity contribution in [3.05, 3.63) is 95.2 Å². The fourth-order valence-corrected chi connectivity index (χ4v) is 3.81. The molecule has 0 radical (unpaired) electrons. The van der Waals surface area contributed by atoms with Gasteiger partial charge in [-0.3, -0.25) is 9.69 Å². The standard InChI is InChI=1S/C24H21N3O2/c1-16-26-22-8-6-19(13-23(22)29-16)18-3-2-4-21-7-5-20(15-27(21)24(28)14-18)17-9-11-25-12-10-17/h2-9,13-15,25H,10-12H2,1H3/b3-2+,18-14+,21-4+. The van der Waals surface area contributed by atoms with E-state index in [9.17, 15) is 4.79 Å². The van der Waals surface area contributed by atoms with Gasteiger partial charge in [0.15, 0.2) is 11.5 Å². The third-order valence-corrected chi connectivity index (χ3v) is 5.30. The van der Waals surface area contributed by atoms with Crippen LogP contribution in [0.5, 0.6) is 0 Å². The number of carbonyl (C=O) groups is 1. The second-order valence-corrected chi connectivity index (χ2v) is 7.28. The summed E-state index contributed by atoms with van der Waals surface area (Å²) in [7, 11) is 0. The highest BCUT2D eigenvalue weighted by molar-refractivity contribution is 6.00. The lowest BCUT2D eigenvalue weighted by Gasteiger charge is -2.26. The molecule has 0 unspecified atom stereocenters. The minimum Gasteiger partial charge on any atom is -0.441 e. The summed E-state index contributed by atoms with van der Waals surface area (Å²) in [6, 6.07) is 5.82. The molecule has 1 N–H and O–H groups in total. The molecule has 0 spiro atoms. The first-order valence-electron chi connectivity index (χ1n) is 9.78. The van der Waals surface area contributed by atoms with Crippen molar-refractivity contribution in [2.24, 2.45) is 0 Å². The maximum absolute atomic E-state index is 13.1. The molecule has 0 fully saturated rings. The Hall–Kier alpha value is -3.44. The van der Waals surface area contributed by atoms with Crippen molar-refractivity contribution < 1.29 is 9.21 Å². The Labute approximate surface area is 169 Å². The minimum absolute atomic E-state index is 0.0687. The molecule has 0 aliphatic carbocycles. The van der Waals surface area contributed by atoms with Crippen molar-refractivity contribution in [2.45, 2.75) is 13.3 Å². The van der Waals surface area contributed by atoms with E-state index >= 15 is 0 Å². The van der Waals surface area contributed by atoms with Crippen molar-refractivity contribution in [1.82, 2.24) is 15.2 Å². The molecule has 1 aromatic heterocycles. The van der Waals surface area contributed by atoms with E-state index in [2.05, 4.69) is 22.5 Å². The number of aromatic nitrogens is 1. The summed E-state index contributed by atoms with van der Waals surface area (Å²) < 4.78 is 5.65. The molecule has 144 valence electrons. The Kier molecular flexibility index (Phi) is 4.37. The van der Waals surface area contributed by atoms with Crippen LogP contribution in [0.3, 0.4) is 0 Å². The van der Waals surface area contributed by atoms with Crippen molar-refractivity contribution in [2.75, 3.05) is 13.1 Å². The molecule has 0 saturated heterocycles. The highest BCUT2D eigenvalue weighted by Crippen LogP contribution is 2.28. The zero-order valence-corrected chi connectivity index (χ0v) is 16.2. The minimum atomic E-state index is -0.0687. The van der Waals surface area contributed by atoms with Crippen molar-refractivity contribution in [3.8, 4) is 0 Å². The summed E-state index contributed by atoms with van der Waals surface area (Å²) >= 11 is 0. The molecule has 2 aromatic rings. The largest absolute Gasteiger partial charge is 0.441 e. The average Bonchev–Trinajstić information content (AvgIpc) is 3.11. The molecule has 1 aromatic carbocycles. The maximum Gasteiger partial charge on any atom is 0.255 e. The molecule has 5 heteroatoms. The maximum atomic E-state index is 13.1. The van der Waals surface area contributed by atoms with Gasteiger partial charge < -0.3 is 9.73 Å². The smallest absolute Gasteiger partial charge is 0.255 e. The number of allylic oxidation sites excluding steroid dienone is 7. The second-order valence-electron chi connectivity index (χ2n) is 7.28. The Morgan fingerprint density at radius 3 is 2.97 bits per heavy atom. The summed E-state index contributed by atoms with van der Waals surface area (Å²) in [5.74, 6) is 0.564. The number of oxazole rings is 1. The van der Waals surface area contributed by atoms with Crippen LogP contribution in [-0.2, 0) is 4.79 Å². The highest BCUT2D eigenvalue weighted by Gasteiger charge is 2.20. The summed E-state index contributed by atoms with van der Waals surface area (Å²) in [5.41, 5.74) is 6.54. The molecule has 4 heterocycles. The highest BCUT2D eigenvalue weighted by atomic mass is 16.3. The molecule has 29 heavy (non-hydrogen) atoms. The zero-order chi connectivity index (χ0) is 19.8. The first-order chi connectivity index (χ1) is 14.2. The first-order valence-corrected chi connectivity index (χ1v) is 9.78. The van der Waals surface area contributed by atoms with Gasteiger partial charge >= 0.3 is 0 Å². The summed E-state index contributed by atoms with van der Waals surface area (Å²) in [4.78, 5) is 19.2. The van der Waals surface area contributed by atoms with E-state index in [1.54, 1.807) is 11.0 Å². The van der Waals surface area contributed by atoms with E-state index in [4.69, 9.17) is 4.42 Å². The predicted molar refractivity (Wildman–Crippen MR) is 114 cm³/mol. The topological polar surface area (TPSA) is 58.4 Å². The fourth-order valence-electron chi connectivity index (χ4n) is 3.81. The molecular weight excluding hydrogens is 362 g/mol. The van der Waals surface area contributed by atoms with Crippen LogP contribution < -0.4 is 5.32 Å². The number of carbonyl (C=O) groups excluding carboxylic acids is 1. The number of rotatable bonds is 2. The van der Waals surface area contributed by atoms with Crippen LogP contribution in [-0.4, -0.2) is 28.9 Å². The molecule has 3 aliphatic rings. The van der Waals surface area contributed by atoms with Gasteiger partial charge in [-0.15, -0.1) is 0 Å². The van der Waals surface area contributed by atoms with Gasteiger partial charge in [-0.05, 0) is 59.5 Å². The van der Waals surface area contributed by atoms with Crippen LogP contribution in [0.15, 0.2) is 88.2 Å². The fraction of sp³-hybridized carbons (Fsp3) is 0.167. The number of hydrogen-bond donors (Lipinski definition) is 1. The van der Waals surface area contributed by atoms with Crippen LogP contribution in [0.25, 0.3) is 16.7 Å². The summed E-state index contributed by atoms with van der Waals surface area (Å²) in [6.45, 7) is 3.66. The molecule has 0 atom stereocenters. The van der Waals surface area contributed by atoms with Gasteiger partial charge in [-0.2, -0.15) is 0 Å². The summed E-state index contributed by atoms with van der Waals surface area (Å²) in [6.07, 6.45) is 16.8. The van der Waals surface area contributed by atoms with E-state index in [-0.39, 0.29) is 5.91 Å². The number of hydrogen-bond acceptors (Lipinski definition) is 4. The average molecular weight is 383 g/mol. The van der Waals surface area contributed by atoms with Gasteiger partial charge in [-0.1, -0.05) is 30.4 Å². The van der Waals surface area contributed by atoms with E-state index < -0.39 is 0 Å². The molecule has 5 rings (SSSR count). The molecule has 0 saturated carbocycles. The lowest BCUT2D eigenvalue weighted by atomic mass is 9.97. The lowest BCUT2D eigenvalue weighted by Crippen LogP contribution is -2.27. The normalized spacial score (nSPS) is 23.9. The van der Waals surface area contributed by atoms with Crippen molar-refractivity contribution >= 4 is 22.6 Å². The van der Waals surface area contributed by atoms with Crippen LogP contribution in [0.1, 0.15) is 17.9 Å². The van der Waals surface area contributed by atoms with Crippen LogP contribution >= 0.6 is 0 Å². The van der Waals surface area contributed by atoms with Gasteiger partial charge in [0, 0.05) is 31.4 Å². The Morgan fingerprint density at radius 1 is 1.17 bits per heavy atom.